The minimum Gasteiger partial charge on any atom is -0.378 e. The summed E-state index contributed by atoms with van der Waals surface area (Å²) < 4.78 is 0. The van der Waals surface area contributed by atoms with E-state index < -0.39 is 12.0 Å². The molecular weight excluding hydrogens is 262 g/mol. The Morgan fingerprint density at radius 2 is 1.79 bits per heavy atom. The molecule has 0 aliphatic carbocycles. The Hall–Kier alpha value is -1.84. The fraction of sp³-hybridized carbons (Fsp3) is 0.133. The van der Waals surface area contributed by atoms with Gasteiger partial charge in [0.1, 0.15) is 0 Å². The molecular formula is C15H14ClNO2. The first-order chi connectivity index (χ1) is 9.08. The van der Waals surface area contributed by atoms with Crippen LogP contribution < -0.4 is 5.32 Å². The second-order valence-electron chi connectivity index (χ2n) is 4.28. The first-order valence-corrected chi connectivity index (χ1v) is 6.26. The maximum atomic E-state index is 11.9. The average molecular weight is 276 g/mol. The van der Waals surface area contributed by atoms with Crippen LogP contribution in [-0.4, -0.2) is 11.0 Å². The van der Waals surface area contributed by atoms with Crippen LogP contribution in [0, 0.1) is 6.92 Å². The highest BCUT2D eigenvalue weighted by Crippen LogP contribution is 2.23. The van der Waals surface area contributed by atoms with Crippen LogP contribution in [0.25, 0.3) is 0 Å². The zero-order chi connectivity index (χ0) is 13.8. The standard InChI is InChI=1S/C15H14ClNO2/c1-10-6-8-11(9-7-10)17-15(19)14(18)12-4-2-3-5-13(12)16/h2-9,14,18H,1H3,(H,17,19). The van der Waals surface area contributed by atoms with Crippen LogP contribution in [0.3, 0.4) is 0 Å². The molecule has 2 aromatic rings. The van der Waals surface area contributed by atoms with E-state index in [0.29, 0.717) is 16.3 Å². The summed E-state index contributed by atoms with van der Waals surface area (Å²) in [5, 5.41) is 13.0. The van der Waals surface area contributed by atoms with Gasteiger partial charge >= 0.3 is 0 Å². The van der Waals surface area contributed by atoms with Gasteiger partial charge in [0.15, 0.2) is 6.10 Å². The van der Waals surface area contributed by atoms with Crippen molar-refractivity contribution in [1.29, 1.82) is 0 Å². The zero-order valence-electron chi connectivity index (χ0n) is 10.4. The summed E-state index contributed by atoms with van der Waals surface area (Å²) in [6.07, 6.45) is -1.28. The van der Waals surface area contributed by atoms with Crippen LogP contribution in [0.4, 0.5) is 5.69 Å². The van der Waals surface area contributed by atoms with E-state index >= 15 is 0 Å². The number of amides is 1. The Labute approximate surface area is 116 Å². The van der Waals surface area contributed by atoms with Crippen molar-refractivity contribution < 1.29 is 9.90 Å². The number of rotatable bonds is 3. The summed E-state index contributed by atoms with van der Waals surface area (Å²) in [5.74, 6) is -0.503. The van der Waals surface area contributed by atoms with Crippen molar-refractivity contribution in [2.24, 2.45) is 0 Å². The molecule has 0 radical (unpaired) electrons. The van der Waals surface area contributed by atoms with Crippen molar-refractivity contribution in [3.05, 3.63) is 64.7 Å². The highest BCUT2D eigenvalue weighted by molar-refractivity contribution is 6.31. The number of hydrogen-bond acceptors (Lipinski definition) is 2. The second-order valence-corrected chi connectivity index (χ2v) is 4.69. The first kappa shape index (κ1) is 13.6. The Morgan fingerprint density at radius 3 is 2.42 bits per heavy atom. The molecule has 0 fully saturated rings. The fourth-order valence-corrected chi connectivity index (χ4v) is 1.92. The van der Waals surface area contributed by atoms with E-state index in [1.165, 1.54) is 0 Å². The van der Waals surface area contributed by atoms with E-state index in [-0.39, 0.29) is 0 Å². The van der Waals surface area contributed by atoms with Gasteiger partial charge in [-0.25, -0.2) is 0 Å². The summed E-state index contributed by atoms with van der Waals surface area (Å²) >= 11 is 5.95. The number of carbonyl (C=O) groups excluding carboxylic acids is 1. The second kappa shape index (κ2) is 5.87. The van der Waals surface area contributed by atoms with Crippen LogP contribution in [0.5, 0.6) is 0 Å². The van der Waals surface area contributed by atoms with Crippen molar-refractivity contribution >= 4 is 23.2 Å². The quantitative estimate of drug-likeness (QED) is 0.903. The number of hydrogen-bond donors (Lipinski definition) is 2. The number of aliphatic hydroxyl groups excluding tert-OH is 1. The van der Waals surface area contributed by atoms with Crippen molar-refractivity contribution in [3.8, 4) is 0 Å². The van der Waals surface area contributed by atoms with Crippen LogP contribution in [0.2, 0.25) is 5.02 Å². The SMILES string of the molecule is Cc1ccc(NC(=O)C(O)c2ccccc2Cl)cc1. The largest absolute Gasteiger partial charge is 0.378 e. The molecule has 19 heavy (non-hydrogen) atoms. The maximum absolute atomic E-state index is 11.9. The van der Waals surface area contributed by atoms with E-state index in [9.17, 15) is 9.90 Å². The molecule has 2 N–H and O–H groups in total. The third kappa shape index (κ3) is 3.34. The lowest BCUT2D eigenvalue weighted by molar-refractivity contribution is -0.124. The molecule has 0 aliphatic heterocycles. The number of nitrogens with one attached hydrogen (secondary N) is 1. The van der Waals surface area contributed by atoms with Gasteiger partial charge in [-0.15, -0.1) is 0 Å². The molecule has 2 aromatic carbocycles. The van der Waals surface area contributed by atoms with Gasteiger partial charge in [0, 0.05) is 16.3 Å². The van der Waals surface area contributed by atoms with Gasteiger partial charge < -0.3 is 10.4 Å². The highest BCUT2D eigenvalue weighted by atomic mass is 35.5. The molecule has 4 heteroatoms. The van der Waals surface area contributed by atoms with Crippen LogP contribution >= 0.6 is 11.6 Å². The molecule has 0 bridgehead atoms. The molecule has 1 amide bonds. The lowest BCUT2D eigenvalue weighted by Crippen LogP contribution is -2.21. The van der Waals surface area contributed by atoms with E-state index in [4.69, 9.17) is 11.6 Å². The lowest BCUT2D eigenvalue weighted by Gasteiger charge is -2.13. The van der Waals surface area contributed by atoms with Crippen LogP contribution in [-0.2, 0) is 4.79 Å². The van der Waals surface area contributed by atoms with E-state index in [1.54, 1.807) is 36.4 Å². The summed E-state index contributed by atoms with van der Waals surface area (Å²) in [6, 6.07) is 14.1. The Morgan fingerprint density at radius 1 is 1.16 bits per heavy atom. The van der Waals surface area contributed by atoms with E-state index in [2.05, 4.69) is 5.32 Å². The molecule has 0 heterocycles. The minimum atomic E-state index is -1.28. The van der Waals surface area contributed by atoms with E-state index in [1.807, 2.05) is 19.1 Å². The van der Waals surface area contributed by atoms with Gasteiger partial charge in [0.25, 0.3) is 5.91 Å². The molecule has 3 nitrogen and oxygen atoms in total. The van der Waals surface area contributed by atoms with Crippen molar-refractivity contribution in [2.45, 2.75) is 13.0 Å². The zero-order valence-corrected chi connectivity index (χ0v) is 11.2. The molecule has 1 unspecified atom stereocenters. The molecule has 0 spiro atoms. The average Bonchev–Trinajstić information content (AvgIpc) is 2.41. The Bertz CT molecular complexity index is 581. The van der Waals surface area contributed by atoms with Crippen molar-refractivity contribution in [3.63, 3.8) is 0 Å². The number of aliphatic hydroxyl groups is 1. The number of halogens is 1. The minimum absolute atomic E-state index is 0.369. The van der Waals surface area contributed by atoms with Crippen molar-refractivity contribution in [2.75, 3.05) is 5.32 Å². The predicted molar refractivity (Wildman–Crippen MR) is 76.2 cm³/mol. The summed E-state index contributed by atoms with van der Waals surface area (Å²) in [4.78, 5) is 11.9. The first-order valence-electron chi connectivity index (χ1n) is 5.88. The smallest absolute Gasteiger partial charge is 0.257 e. The summed E-state index contributed by atoms with van der Waals surface area (Å²) in [5.41, 5.74) is 2.14. The van der Waals surface area contributed by atoms with E-state index in [0.717, 1.165) is 5.56 Å². The van der Waals surface area contributed by atoms with Crippen LogP contribution in [0.15, 0.2) is 48.5 Å². The summed E-state index contributed by atoms with van der Waals surface area (Å²) in [7, 11) is 0. The van der Waals surface area contributed by atoms with Gasteiger partial charge in [0.2, 0.25) is 0 Å². The molecule has 1 atom stereocenters. The van der Waals surface area contributed by atoms with Gasteiger partial charge in [-0.05, 0) is 25.1 Å². The molecule has 0 saturated carbocycles. The third-order valence-electron chi connectivity index (χ3n) is 2.77. The molecule has 98 valence electrons. The van der Waals surface area contributed by atoms with Gasteiger partial charge in [-0.2, -0.15) is 0 Å². The monoisotopic (exact) mass is 275 g/mol. The molecule has 2 rings (SSSR count). The highest BCUT2D eigenvalue weighted by Gasteiger charge is 2.19. The lowest BCUT2D eigenvalue weighted by atomic mass is 10.1. The number of carbonyl (C=O) groups is 1. The number of benzene rings is 2. The Balaban J connectivity index is 2.12. The summed E-state index contributed by atoms with van der Waals surface area (Å²) in [6.45, 7) is 1.96. The van der Waals surface area contributed by atoms with Gasteiger partial charge in [-0.3, -0.25) is 4.79 Å². The molecule has 0 aliphatic rings. The molecule has 0 aromatic heterocycles. The Kier molecular flexibility index (Phi) is 4.20. The maximum Gasteiger partial charge on any atom is 0.257 e. The third-order valence-corrected chi connectivity index (χ3v) is 3.11. The van der Waals surface area contributed by atoms with Gasteiger partial charge in [0.05, 0.1) is 0 Å². The van der Waals surface area contributed by atoms with Gasteiger partial charge in [-0.1, -0.05) is 47.5 Å². The predicted octanol–water partition coefficient (Wildman–Crippen LogP) is 3.32. The number of aryl methyl sites for hydroxylation is 1. The molecule has 0 saturated heterocycles. The number of anilines is 1. The van der Waals surface area contributed by atoms with Crippen molar-refractivity contribution in [1.82, 2.24) is 0 Å². The fourth-order valence-electron chi connectivity index (χ4n) is 1.69. The topological polar surface area (TPSA) is 49.3 Å². The van der Waals surface area contributed by atoms with Crippen LogP contribution in [0.1, 0.15) is 17.2 Å². The normalized spacial score (nSPS) is 11.9.